The molecule has 2 aliphatic rings. The Morgan fingerprint density at radius 1 is 1.22 bits per heavy atom. The third kappa shape index (κ3) is 4.47. The summed E-state index contributed by atoms with van der Waals surface area (Å²) in [6, 6.07) is 10.7. The number of ether oxygens (including phenoxy) is 2. The largest absolute Gasteiger partial charge is 0.466 e. The van der Waals surface area contributed by atoms with Gasteiger partial charge in [0.05, 0.1) is 12.8 Å². The second-order valence-corrected chi connectivity index (χ2v) is 7.54. The first-order valence-corrected chi connectivity index (χ1v) is 10.4. The van der Waals surface area contributed by atoms with Gasteiger partial charge < -0.3 is 14.5 Å². The standard InChI is InChI=1S/C26H22N2O4/c1-31-26(30)19-7-5-6-18(14-19)23-15-24(29)22(16-27)25(28-23)17-10-12-21(13-11-17)32-20-8-3-2-4-9-20/h3,5-13,15,18H,2,4,14H2,1H3,(H,28,29). The number of hydrogen-bond donors (Lipinski definition) is 1. The second-order valence-electron chi connectivity index (χ2n) is 7.54. The Morgan fingerprint density at radius 3 is 2.72 bits per heavy atom. The fraction of sp³-hybridized carbons (Fsp3) is 0.192. The summed E-state index contributed by atoms with van der Waals surface area (Å²) in [6.07, 6.45) is 13.8. The van der Waals surface area contributed by atoms with Crippen molar-refractivity contribution in [2.24, 2.45) is 0 Å². The Labute approximate surface area is 185 Å². The Hall–Kier alpha value is -4.11. The van der Waals surface area contributed by atoms with Crippen molar-refractivity contribution in [3.8, 4) is 23.1 Å². The Balaban J connectivity index is 1.64. The molecule has 0 amide bonds. The third-order valence-electron chi connectivity index (χ3n) is 5.43. The first-order valence-electron chi connectivity index (χ1n) is 10.4. The van der Waals surface area contributed by atoms with Crippen molar-refractivity contribution in [2.75, 3.05) is 7.11 Å². The molecule has 160 valence electrons. The molecule has 0 spiro atoms. The van der Waals surface area contributed by atoms with Gasteiger partial charge in [-0.05, 0) is 61.2 Å². The number of carbonyl (C=O) groups is 1. The number of nitriles is 1. The van der Waals surface area contributed by atoms with Crippen LogP contribution in [0.3, 0.4) is 0 Å². The van der Waals surface area contributed by atoms with E-state index in [1.807, 2.05) is 48.6 Å². The van der Waals surface area contributed by atoms with Crippen molar-refractivity contribution >= 4 is 5.97 Å². The van der Waals surface area contributed by atoms with Crippen LogP contribution < -0.4 is 10.2 Å². The maximum absolute atomic E-state index is 12.7. The molecule has 0 bridgehead atoms. The summed E-state index contributed by atoms with van der Waals surface area (Å²) >= 11 is 0. The van der Waals surface area contributed by atoms with Crippen LogP contribution in [0.5, 0.6) is 5.75 Å². The molecule has 1 unspecified atom stereocenters. The average Bonchev–Trinajstić information content (AvgIpc) is 2.84. The molecule has 6 heteroatoms. The predicted molar refractivity (Wildman–Crippen MR) is 121 cm³/mol. The molecule has 6 nitrogen and oxygen atoms in total. The molecule has 1 atom stereocenters. The van der Waals surface area contributed by atoms with Gasteiger partial charge in [0, 0.05) is 23.3 Å². The maximum atomic E-state index is 12.7. The first-order chi connectivity index (χ1) is 15.6. The quantitative estimate of drug-likeness (QED) is 0.702. The Kier molecular flexibility index (Phi) is 6.18. The highest BCUT2D eigenvalue weighted by Gasteiger charge is 2.22. The van der Waals surface area contributed by atoms with E-state index in [0.29, 0.717) is 34.7 Å². The highest BCUT2D eigenvalue weighted by atomic mass is 16.5. The topological polar surface area (TPSA) is 92.2 Å². The van der Waals surface area contributed by atoms with Crippen LogP contribution in [-0.2, 0) is 9.53 Å². The summed E-state index contributed by atoms with van der Waals surface area (Å²) < 4.78 is 10.7. The van der Waals surface area contributed by atoms with E-state index >= 15 is 0 Å². The number of benzene rings is 1. The van der Waals surface area contributed by atoms with Crippen molar-refractivity contribution in [3.63, 3.8) is 0 Å². The van der Waals surface area contributed by atoms with Crippen LogP contribution in [0.15, 0.2) is 82.9 Å². The number of nitrogens with zero attached hydrogens (tertiary/aromatic N) is 1. The second kappa shape index (κ2) is 9.36. The van der Waals surface area contributed by atoms with E-state index in [9.17, 15) is 14.9 Å². The summed E-state index contributed by atoms with van der Waals surface area (Å²) in [6.45, 7) is 0. The van der Waals surface area contributed by atoms with Gasteiger partial charge in [0.2, 0.25) is 0 Å². The highest BCUT2D eigenvalue weighted by molar-refractivity contribution is 5.89. The van der Waals surface area contributed by atoms with E-state index in [4.69, 9.17) is 9.47 Å². The lowest BCUT2D eigenvalue weighted by Crippen LogP contribution is -2.16. The van der Waals surface area contributed by atoms with Crippen molar-refractivity contribution in [3.05, 3.63) is 99.6 Å². The zero-order chi connectivity index (χ0) is 22.5. The molecule has 32 heavy (non-hydrogen) atoms. The van der Waals surface area contributed by atoms with E-state index < -0.39 is 5.97 Å². The number of methoxy groups -OCH3 is 1. The zero-order valence-electron chi connectivity index (χ0n) is 17.6. The molecule has 1 aromatic carbocycles. The van der Waals surface area contributed by atoms with Gasteiger partial charge in [0.1, 0.15) is 23.1 Å². The van der Waals surface area contributed by atoms with Crippen molar-refractivity contribution in [2.45, 2.75) is 25.2 Å². The van der Waals surface area contributed by atoms with Gasteiger partial charge in [-0.15, -0.1) is 0 Å². The van der Waals surface area contributed by atoms with Gasteiger partial charge in [0.15, 0.2) is 5.43 Å². The minimum absolute atomic E-state index is 0.0452. The number of nitrogens with one attached hydrogen (secondary N) is 1. The average molecular weight is 426 g/mol. The minimum Gasteiger partial charge on any atom is -0.466 e. The number of pyridine rings is 1. The van der Waals surface area contributed by atoms with Crippen LogP contribution in [0.4, 0.5) is 0 Å². The number of hydrogen-bond acceptors (Lipinski definition) is 5. The molecule has 0 saturated carbocycles. The minimum atomic E-state index is -0.394. The smallest absolute Gasteiger partial charge is 0.333 e. The normalized spacial score (nSPS) is 17.2. The fourth-order valence-corrected chi connectivity index (χ4v) is 3.77. The SMILES string of the molecule is COC(=O)C1=CC=CC(c2cc(=O)c(C#N)c(-c3ccc(OC4=CCCC=C4)cc3)[nH]2)C1. The number of carbonyl (C=O) groups excluding carboxylic acids is 1. The molecule has 0 fully saturated rings. The van der Waals surface area contributed by atoms with E-state index in [-0.39, 0.29) is 16.9 Å². The number of esters is 1. The molecule has 1 heterocycles. The van der Waals surface area contributed by atoms with Crippen molar-refractivity contribution in [1.29, 1.82) is 5.26 Å². The van der Waals surface area contributed by atoms with Crippen molar-refractivity contribution < 1.29 is 14.3 Å². The van der Waals surface area contributed by atoms with E-state index in [1.54, 1.807) is 12.2 Å². The van der Waals surface area contributed by atoms with Gasteiger partial charge in [-0.1, -0.05) is 24.3 Å². The van der Waals surface area contributed by atoms with Crippen LogP contribution in [-0.4, -0.2) is 18.1 Å². The van der Waals surface area contributed by atoms with Crippen LogP contribution >= 0.6 is 0 Å². The number of H-pyrrole nitrogens is 1. The molecule has 2 aromatic rings. The number of allylic oxidation sites excluding steroid dienone is 6. The van der Waals surface area contributed by atoms with E-state index in [2.05, 4.69) is 11.1 Å². The van der Waals surface area contributed by atoms with Crippen LogP contribution in [0.2, 0.25) is 0 Å². The molecule has 1 N–H and O–H groups in total. The van der Waals surface area contributed by atoms with Gasteiger partial charge in [-0.25, -0.2) is 4.79 Å². The summed E-state index contributed by atoms with van der Waals surface area (Å²) in [5, 5.41) is 9.59. The van der Waals surface area contributed by atoms with Gasteiger partial charge in [0.25, 0.3) is 0 Å². The molecule has 0 saturated heterocycles. The number of aromatic amines is 1. The third-order valence-corrected chi connectivity index (χ3v) is 5.43. The van der Waals surface area contributed by atoms with E-state index in [0.717, 1.165) is 18.6 Å². The highest BCUT2D eigenvalue weighted by Crippen LogP contribution is 2.30. The van der Waals surface area contributed by atoms with Crippen LogP contribution in [0.1, 0.15) is 36.4 Å². The van der Waals surface area contributed by atoms with Crippen LogP contribution in [0, 0.1) is 11.3 Å². The molecule has 4 rings (SSSR count). The summed E-state index contributed by atoms with van der Waals surface area (Å²) in [5.41, 5.74) is 1.98. The fourth-order valence-electron chi connectivity index (χ4n) is 3.77. The van der Waals surface area contributed by atoms with Crippen molar-refractivity contribution in [1.82, 2.24) is 4.98 Å². The lowest BCUT2D eigenvalue weighted by molar-refractivity contribution is -0.136. The van der Waals surface area contributed by atoms with Crippen LogP contribution in [0.25, 0.3) is 11.3 Å². The molecule has 0 radical (unpaired) electrons. The lowest BCUT2D eigenvalue weighted by atomic mass is 9.90. The van der Waals surface area contributed by atoms with Gasteiger partial charge in [-0.3, -0.25) is 4.79 Å². The molecule has 1 aromatic heterocycles. The molecular weight excluding hydrogens is 404 g/mol. The summed E-state index contributed by atoms with van der Waals surface area (Å²) in [5.74, 6) is 0.873. The van der Waals surface area contributed by atoms with Gasteiger partial charge >= 0.3 is 5.97 Å². The van der Waals surface area contributed by atoms with Gasteiger partial charge in [-0.2, -0.15) is 5.26 Å². The lowest BCUT2D eigenvalue weighted by Gasteiger charge is -2.19. The first kappa shape index (κ1) is 21.1. The summed E-state index contributed by atoms with van der Waals surface area (Å²) in [7, 11) is 1.34. The zero-order valence-corrected chi connectivity index (χ0v) is 17.6. The number of rotatable bonds is 5. The predicted octanol–water partition coefficient (Wildman–Crippen LogP) is 4.67. The summed E-state index contributed by atoms with van der Waals surface area (Å²) in [4.78, 5) is 27.9. The number of aromatic nitrogens is 1. The molecule has 0 aliphatic heterocycles. The maximum Gasteiger partial charge on any atom is 0.333 e. The van der Waals surface area contributed by atoms with E-state index in [1.165, 1.54) is 13.2 Å². The molecular formula is C26H22N2O4. The Bertz CT molecular complexity index is 1250. The monoisotopic (exact) mass is 426 g/mol. The Morgan fingerprint density at radius 2 is 2.03 bits per heavy atom. The molecule has 2 aliphatic carbocycles.